The summed E-state index contributed by atoms with van der Waals surface area (Å²) in [4.78, 5) is 108. The minimum atomic E-state index is -2.04. The fourth-order valence-electron chi connectivity index (χ4n) is 12.2. The Kier molecular flexibility index (Phi) is 25.2. The van der Waals surface area contributed by atoms with Crippen LogP contribution in [0, 0.1) is 5.92 Å². The molecular weight excluding hydrogens is 1200 g/mol. The molecule has 27 nitrogen and oxygen atoms in total. The first-order chi connectivity index (χ1) is 44.6. The minimum absolute atomic E-state index is 0.00213. The summed E-state index contributed by atoms with van der Waals surface area (Å²) in [6.07, 6.45) is -7.18. The topological polar surface area (TPSA) is 405 Å². The van der Waals surface area contributed by atoms with Gasteiger partial charge in [-0.2, -0.15) is 0 Å². The number of aliphatic hydroxyl groups excluding tert-OH is 6. The smallest absolute Gasteiger partial charge is 0.251 e. The summed E-state index contributed by atoms with van der Waals surface area (Å²) in [5.74, 6) is -7.67. The molecule has 13 atom stereocenters. The van der Waals surface area contributed by atoms with Crippen LogP contribution in [0.2, 0.25) is 0 Å². The Morgan fingerprint density at radius 1 is 0.656 bits per heavy atom. The summed E-state index contributed by atoms with van der Waals surface area (Å²) in [7, 11) is 0. The van der Waals surface area contributed by atoms with Crippen molar-refractivity contribution in [2.75, 3.05) is 81.9 Å². The molecular formula is C66H91N11O16. The first-order valence-electron chi connectivity index (χ1n) is 32.1. The van der Waals surface area contributed by atoms with Gasteiger partial charge in [-0.25, -0.2) is 0 Å². The second kappa shape index (κ2) is 33.1. The first-order valence-corrected chi connectivity index (χ1v) is 32.1. The molecule has 4 aromatic carbocycles. The Morgan fingerprint density at radius 3 is 1.89 bits per heavy atom. The number of phenols is 1. The second-order valence-electron chi connectivity index (χ2n) is 24.5. The quantitative estimate of drug-likeness (QED) is 0.0444. The van der Waals surface area contributed by atoms with Gasteiger partial charge in [0, 0.05) is 94.5 Å². The number of aliphatic hydroxyl groups is 6. The third kappa shape index (κ3) is 18.2. The number of piperazine rings is 1. The van der Waals surface area contributed by atoms with E-state index in [-0.39, 0.29) is 55.3 Å². The van der Waals surface area contributed by atoms with Crippen LogP contribution in [0.4, 0.5) is 11.4 Å². The largest absolute Gasteiger partial charge is 0.504 e. The zero-order chi connectivity index (χ0) is 67.0. The zero-order valence-corrected chi connectivity index (χ0v) is 52.8. The number of carbonyl (C=O) groups is 7. The summed E-state index contributed by atoms with van der Waals surface area (Å²) in [5.41, 5.74) is 15.6. The summed E-state index contributed by atoms with van der Waals surface area (Å²) >= 11 is 0. The van der Waals surface area contributed by atoms with E-state index < -0.39 is 152 Å². The van der Waals surface area contributed by atoms with Crippen LogP contribution < -0.4 is 57.3 Å². The Morgan fingerprint density at radius 2 is 1.27 bits per heavy atom. The van der Waals surface area contributed by atoms with E-state index in [2.05, 4.69) is 55.4 Å². The van der Waals surface area contributed by atoms with Crippen molar-refractivity contribution in [2.45, 2.75) is 145 Å². The highest BCUT2D eigenvalue weighted by Crippen LogP contribution is 2.31. The average Bonchev–Trinajstić information content (AvgIpc) is 1.69. The number of nitrogens with zero attached hydrogens (tertiary/aromatic N) is 4. The molecule has 4 aliphatic heterocycles. The highest BCUT2D eigenvalue weighted by atomic mass is 16.5. The number of nitrogens with two attached hydrogens (primary N) is 2. The molecule has 4 fully saturated rings. The number of fused-ring (bicyclic) bond motifs is 2. The maximum absolute atomic E-state index is 14.7. The van der Waals surface area contributed by atoms with Crippen LogP contribution in [0.5, 0.6) is 17.2 Å². The SMILES string of the molecule is CCCCCCOc1ccc(N2CCN(c3ccc(-c4ccc(C(=O)N[C@H]5C[C@@H](O)CNC(=O)[C@@H]6[C@@H](O)[C@@H](C)CN6C(=O)[C@H]([C@H](O)CCN)NC(=O)[C@H]([C@H](O)Cc6ccc(O)c(OCCN)c6)NC(=O)[C@@H]6C[C@@H](O)CN6C(=O)[C@H]([C@@H](C)O)NC5=O)cc4)cc3)CC2)cc1. The van der Waals surface area contributed by atoms with Crippen LogP contribution in [0.1, 0.15) is 81.6 Å². The van der Waals surface area contributed by atoms with E-state index in [1.807, 2.05) is 36.4 Å². The van der Waals surface area contributed by atoms with Gasteiger partial charge in [0.1, 0.15) is 48.6 Å². The predicted octanol–water partition coefficient (Wildman–Crippen LogP) is -1.02. The summed E-state index contributed by atoms with van der Waals surface area (Å²) in [5, 5.41) is 91.5. The maximum atomic E-state index is 14.7. The number of β-amino-alcohol motifs (C(OH)–C–C–N with tert-alkyl or cyclic N) is 1. The number of ether oxygens (including phenoxy) is 2. The van der Waals surface area contributed by atoms with E-state index in [0.29, 0.717) is 6.61 Å². The standard InChI is InChI=1S/C66H91N11O16/c1-4-5-6-7-29-92-48-19-17-45(18-20-48)75-27-25-74(26-28-75)44-15-13-42(14-16-44)41-9-11-43(12-10-41)60(85)70-49-33-46(79)35-69-64(89)58-59(84)38(2)36-77(58)66(91)57(52(82)22-23-67)73-63(88)56(53(83)31-40-8-21-51(81)54(32-40)93-30-24-68)72-62(87)50-34-47(80)37-76(50)65(90)55(39(3)78)71-61(49)86/h8-21,32,38-39,46-47,49-50,52-53,55-59,78-84H,4-7,22-31,33-37,67-68H2,1-3H3,(H,69,89)(H,70,85)(H,71,86)(H,72,87)(H,73,88)/t38-,39+,46+,47+,49-,50-,52+,53+,55-,56-,57-,58-,59-/m0/s1. The Hall–Kier alpha value is -8.15. The van der Waals surface area contributed by atoms with Gasteiger partial charge in [-0.05, 0) is 104 Å². The number of carbonyl (C=O) groups excluding carboxylic acids is 7. The number of phenolic OH excluding ortho intramolecular Hbond substituents is 1. The van der Waals surface area contributed by atoms with Gasteiger partial charge in [0.15, 0.2) is 11.5 Å². The van der Waals surface area contributed by atoms with Gasteiger partial charge in [0.05, 0.1) is 43.2 Å². The molecule has 0 aliphatic carbocycles. The van der Waals surface area contributed by atoms with Crippen molar-refractivity contribution in [3.63, 3.8) is 0 Å². The summed E-state index contributed by atoms with van der Waals surface area (Å²) in [6.45, 7) is 7.31. The fourth-order valence-corrected chi connectivity index (χ4v) is 12.2. The van der Waals surface area contributed by atoms with Gasteiger partial charge in [-0.1, -0.05) is 63.4 Å². The monoisotopic (exact) mass is 1290 g/mol. The number of nitrogens with one attached hydrogen (secondary N) is 5. The van der Waals surface area contributed by atoms with Gasteiger partial charge < -0.3 is 103 Å². The molecule has 7 amide bonds. The maximum Gasteiger partial charge on any atom is 0.251 e. The zero-order valence-electron chi connectivity index (χ0n) is 52.8. The molecule has 4 aromatic rings. The number of benzene rings is 4. The molecule has 0 bridgehead atoms. The Bertz CT molecular complexity index is 3170. The molecule has 8 rings (SSSR count). The molecule has 0 radical (unpaired) electrons. The van der Waals surface area contributed by atoms with Crippen molar-refractivity contribution in [3.8, 4) is 28.4 Å². The lowest BCUT2D eigenvalue weighted by atomic mass is 9.98. The molecule has 16 N–H and O–H groups in total. The third-order valence-electron chi connectivity index (χ3n) is 17.5. The first kappa shape index (κ1) is 70.7. The van der Waals surface area contributed by atoms with E-state index in [1.165, 1.54) is 50.1 Å². The van der Waals surface area contributed by atoms with Crippen LogP contribution in [0.15, 0.2) is 91.0 Å². The highest BCUT2D eigenvalue weighted by Gasteiger charge is 2.50. The number of anilines is 2. The number of amides is 7. The minimum Gasteiger partial charge on any atom is -0.504 e. The second-order valence-corrected chi connectivity index (χ2v) is 24.5. The van der Waals surface area contributed by atoms with Crippen molar-refractivity contribution in [2.24, 2.45) is 17.4 Å². The van der Waals surface area contributed by atoms with Crippen LogP contribution in [0.3, 0.4) is 0 Å². The lowest BCUT2D eigenvalue weighted by Gasteiger charge is -2.37. The number of unbranched alkanes of at least 4 members (excludes halogenated alkanes) is 3. The molecule has 0 aromatic heterocycles. The van der Waals surface area contributed by atoms with Gasteiger partial charge >= 0.3 is 0 Å². The van der Waals surface area contributed by atoms with E-state index >= 15 is 0 Å². The van der Waals surface area contributed by atoms with Crippen molar-refractivity contribution in [3.05, 3.63) is 102 Å². The lowest BCUT2D eigenvalue weighted by Crippen LogP contribution is -2.64. The van der Waals surface area contributed by atoms with E-state index in [0.717, 1.165) is 77.1 Å². The van der Waals surface area contributed by atoms with Crippen molar-refractivity contribution in [1.29, 1.82) is 0 Å². The summed E-state index contributed by atoms with van der Waals surface area (Å²) in [6, 6.07) is 15.9. The van der Waals surface area contributed by atoms with Gasteiger partial charge in [-0.15, -0.1) is 0 Å². The molecule has 4 aliphatic rings. The lowest BCUT2D eigenvalue weighted by molar-refractivity contribution is -0.147. The molecule has 506 valence electrons. The fraction of sp³-hybridized carbons (Fsp3) is 0.530. The average molecular weight is 1290 g/mol. The van der Waals surface area contributed by atoms with E-state index in [1.54, 1.807) is 19.1 Å². The molecule has 27 heteroatoms. The number of hydrogen-bond donors (Lipinski definition) is 14. The molecule has 0 saturated carbocycles. The number of hydrogen-bond acceptors (Lipinski definition) is 20. The van der Waals surface area contributed by atoms with Crippen molar-refractivity contribution in [1.82, 2.24) is 36.4 Å². The number of aromatic hydroxyl groups is 1. The predicted molar refractivity (Wildman–Crippen MR) is 344 cm³/mol. The summed E-state index contributed by atoms with van der Waals surface area (Å²) < 4.78 is 11.5. The van der Waals surface area contributed by atoms with Crippen molar-refractivity contribution >= 4 is 52.7 Å². The van der Waals surface area contributed by atoms with E-state index in [4.69, 9.17) is 20.9 Å². The highest BCUT2D eigenvalue weighted by molar-refractivity contribution is 6.00. The van der Waals surface area contributed by atoms with Crippen LogP contribution in [-0.2, 0) is 35.2 Å². The molecule has 4 heterocycles. The molecule has 93 heavy (non-hydrogen) atoms. The van der Waals surface area contributed by atoms with Crippen molar-refractivity contribution < 1.29 is 78.8 Å². The Balaban J connectivity index is 1.01. The van der Waals surface area contributed by atoms with Gasteiger partial charge in [0.25, 0.3) is 5.91 Å². The molecule has 0 unspecified atom stereocenters. The van der Waals surface area contributed by atoms with Crippen LogP contribution in [0.25, 0.3) is 11.1 Å². The van der Waals surface area contributed by atoms with Crippen LogP contribution in [-0.4, -0.2) is 232 Å². The van der Waals surface area contributed by atoms with E-state index in [9.17, 15) is 69.3 Å². The third-order valence-corrected chi connectivity index (χ3v) is 17.5. The van der Waals surface area contributed by atoms with Gasteiger partial charge in [-0.3, -0.25) is 33.6 Å². The normalized spacial score (nSPS) is 25.5. The van der Waals surface area contributed by atoms with Crippen LogP contribution >= 0.6 is 0 Å². The van der Waals surface area contributed by atoms with Gasteiger partial charge in [0.2, 0.25) is 35.4 Å². The molecule has 4 saturated heterocycles. The molecule has 0 spiro atoms. The number of rotatable bonds is 21. The Labute approximate surface area is 540 Å².